The number of carbonyl (C=O) groups excluding carboxylic acids is 2. The minimum Gasteiger partial charge on any atom is -0.489 e. The molecule has 0 saturated carbocycles. The van der Waals surface area contributed by atoms with Gasteiger partial charge in [-0.2, -0.15) is 0 Å². The molecule has 0 radical (unpaired) electrons. The highest BCUT2D eigenvalue weighted by Gasteiger charge is 2.25. The summed E-state index contributed by atoms with van der Waals surface area (Å²) in [6, 6.07) is 5.60. The second kappa shape index (κ2) is 10.9. The molecule has 3 rings (SSSR count). The molecule has 0 amide bonds. The standard InChI is InChI=1S/C24H25ClO6/c1-3-20(26)28-12-14-30-23-16-8-5-6-9-17(16)24(31-15-13-29-21(27)4-2)22-18(23)10-7-11-19(22)25/h3-4,7,10-11H,1-2,5-6,8-9,12-15H2. The van der Waals surface area contributed by atoms with Crippen molar-refractivity contribution in [2.24, 2.45) is 0 Å². The lowest BCUT2D eigenvalue weighted by Gasteiger charge is -2.26. The zero-order valence-electron chi connectivity index (χ0n) is 17.3. The number of hydrogen-bond donors (Lipinski definition) is 0. The van der Waals surface area contributed by atoms with E-state index in [1.807, 2.05) is 12.1 Å². The van der Waals surface area contributed by atoms with E-state index in [-0.39, 0.29) is 26.4 Å². The molecule has 1 aliphatic rings. The molecule has 0 spiro atoms. The van der Waals surface area contributed by atoms with Crippen molar-refractivity contribution in [2.45, 2.75) is 25.7 Å². The van der Waals surface area contributed by atoms with Crippen LogP contribution in [0.3, 0.4) is 0 Å². The number of fused-ring (bicyclic) bond motifs is 2. The Balaban J connectivity index is 1.93. The van der Waals surface area contributed by atoms with Crippen molar-refractivity contribution < 1.29 is 28.5 Å². The zero-order chi connectivity index (χ0) is 22.2. The summed E-state index contributed by atoms with van der Waals surface area (Å²) >= 11 is 6.57. The monoisotopic (exact) mass is 444 g/mol. The van der Waals surface area contributed by atoms with Gasteiger partial charge < -0.3 is 18.9 Å². The molecule has 31 heavy (non-hydrogen) atoms. The fourth-order valence-electron chi connectivity index (χ4n) is 3.68. The molecular weight excluding hydrogens is 420 g/mol. The van der Waals surface area contributed by atoms with Gasteiger partial charge in [-0.1, -0.05) is 36.9 Å². The quantitative estimate of drug-likeness (QED) is 0.303. The molecular formula is C24H25ClO6. The molecule has 0 fully saturated rings. The first-order valence-electron chi connectivity index (χ1n) is 10.2. The summed E-state index contributed by atoms with van der Waals surface area (Å²) in [6.45, 7) is 7.41. The SMILES string of the molecule is C=CC(=O)OCCOc1c2c(c(OCCOC(=O)C=C)c3c(Cl)cccc13)CCCC2. The summed E-state index contributed by atoms with van der Waals surface area (Å²) in [7, 11) is 0. The molecule has 2 aromatic carbocycles. The van der Waals surface area contributed by atoms with Crippen LogP contribution >= 0.6 is 11.6 Å². The van der Waals surface area contributed by atoms with Gasteiger partial charge in [-0.05, 0) is 31.7 Å². The summed E-state index contributed by atoms with van der Waals surface area (Å²) in [5.74, 6) is 0.469. The number of halogens is 1. The number of carbonyl (C=O) groups is 2. The smallest absolute Gasteiger partial charge is 0.330 e. The zero-order valence-corrected chi connectivity index (χ0v) is 18.0. The number of benzene rings is 2. The second-order valence-electron chi connectivity index (χ2n) is 6.93. The topological polar surface area (TPSA) is 71.1 Å². The molecule has 6 nitrogen and oxygen atoms in total. The van der Waals surface area contributed by atoms with Crippen molar-refractivity contribution >= 4 is 34.3 Å². The predicted molar refractivity (Wildman–Crippen MR) is 119 cm³/mol. The average molecular weight is 445 g/mol. The molecule has 0 heterocycles. The van der Waals surface area contributed by atoms with E-state index in [2.05, 4.69) is 13.2 Å². The molecule has 0 bridgehead atoms. The summed E-state index contributed by atoms with van der Waals surface area (Å²) < 4.78 is 22.2. The number of esters is 2. The van der Waals surface area contributed by atoms with Gasteiger partial charge >= 0.3 is 11.9 Å². The maximum Gasteiger partial charge on any atom is 0.330 e. The van der Waals surface area contributed by atoms with E-state index in [1.54, 1.807) is 6.07 Å². The van der Waals surface area contributed by atoms with Crippen LogP contribution < -0.4 is 9.47 Å². The highest BCUT2D eigenvalue weighted by molar-refractivity contribution is 6.36. The Morgan fingerprint density at radius 3 is 2.00 bits per heavy atom. The van der Waals surface area contributed by atoms with E-state index in [1.165, 1.54) is 0 Å². The van der Waals surface area contributed by atoms with E-state index in [0.717, 1.165) is 65.5 Å². The van der Waals surface area contributed by atoms with Gasteiger partial charge in [0.1, 0.15) is 37.9 Å². The van der Waals surface area contributed by atoms with Gasteiger partial charge in [0.15, 0.2) is 0 Å². The van der Waals surface area contributed by atoms with Gasteiger partial charge in [-0.15, -0.1) is 0 Å². The third-order valence-electron chi connectivity index (χ3n) is 4.98. The minimum atomic E-state index is -0.491. The Hall–Kier alpha value is -2.99. The van der Waals surface area contributed by atoms with Crippen molar-refractivity contribution in [2.75, 3.05) is 26.4 Å². The molecule has 0 N–H and O–H groups in total. The lowest BCUT2D eigenvalue weighted by molar-refractivity contribution is -0.139. The summed E-state index contributed by atoms with van der Waals surface area (Å²) in [5, 5.41) is 2.14. The Bertz CT molecular complexity index is 997. The minimum absolute atomic E-state index is 0.110. The Morgan fingerprint density at radius 2 is 1.42 bits per heavy atom. The molecule has 2 aromatic rings. The van der Waals surface area contributed by atoms with Gasteiger partial charge in [-0.3, -0.25) is 0 Å². The number of ether oxygens (including phenoxy) is 4. The van der Waals surface area contributed by atoms with Gasteiger partial charge in [0.05, 0.1) is 5.02 Å². The first-order valence-corrected chi connectivity index (χ1v) is 10.5. The Morgan fingerprint density at radius 1 is 0.871 bits per heavy atom. The molecule has 0 aromatic heterocycles. The summed E-state index contributed by atoms with van der Waals surface area (Å²) in [4.78, 5) is 22.6. The number of rotatable bonds is 10. The van der Waals surface area contributed by atoms with Crippen LogP contribution in [0, 0.1) is 0 Å². The van der Waals surface area contributed by atoms with Crippen molar-refractivity contribution in [1.29, 1.82) is 0 Å². The first-order chi connectivity index (χ1) is 15.1. The average Bonchev–Trinajstić information content (AvgIpc) is 2.79. The van der Waals surface area contributed by atoms with Crippen molar-refractivity contribution in [3.8, 4) is 11.5 Å². The van der Waals surface area contributed by atoms with E-state index < -0.39 is 11.9 Å². The van der Waals surface area contributed by atoms with Crippen LogP contribution in [0.15, 0.2) is 43.5 Å². The normalized spacial score (nSPS) is 12.5. The van der Waals surface area contributed by atoms with Crippen molar-refractivity contribution in [1.82, 2.24) is 0 Å². The van der Waals surface area contributed by atoms with Crippen LogP contribution in [-0.2, 0) is 31.9 Å². The van der Waals surface area contributed by atoms with Gasteiger partial charge in [0.25, 0.3) is 0 Å². The molecule has 7 heteroatoms. The molecule has 164 valence electrons. The third kappa shape index (κ3) is 5.39. The highest BCUT2D eigenvalue weighted by Crippen LogP contribution is 2.46. The van der Waals surface area contributed by atoms with Gasteiger partial charge in [-0.25, -0.2) is 9.59 Å². The largest absolute Gasteiger partial charge is 0.489 e. The van der Waals surface area contributed by atoms with Crippen molar-refractivity contribution in [3.05, 3.63) is 59.7 Å². The summed E-state index contributed by atoms with van der Waals surface area (Å²) in [5.41, 5.74) is 2.13. The van der Waals surface area contributed by atoms with Crippen LogP contribution in [0.1, 0.15) is 24.0 Å². The van der Waals surface area contributed by atoms with Crippen LogP contribution in [0.4, 0.5) is 0 Å². The third-order valence-corrected chi connectivity index (χ3v) is 5.30. The molecule has 0 aliphatic heterocycles. The van der Waals surface area contributed by atoms with Crippen LogP contribution in [0.25, 0.3) is 10.8 Å². The molecule has 0 saturated heterocycles. The van der Waals surface area contributed by atoms with E-state index in [0.29, 0.717) is 10.8 Å². The molecule has 0 unspecified atom stereocenters. The van der Waals surface area contributed by atoms with Crippen LogP contribution in [0.5, 0.6) is 11.5 Å². The van der Waals surface area contributed by atoms with Crippen LogP contribution in [-0.4, -0.2) is 38.4 Å². The molecule has 1 aliphatic carbocycles. The lowest BCUT2D eigenvalue weighted by atomic mass is 9.87. The van der Waals surface area contributed by atoms with Gasteiger partial charge in [0, 0.05) is 34.1 Å². The van der Waals surface area contributed by atoms with E-state index in [9.17, 15) is 9.59 Å². The van der Waals surface area contributed by atoms with E-state index >= 15 is 0 Å². The Labute approximate surface area is 186 Å². The maximum atomic E-state index is 11.3. The fourth-order valence-corrected chi connectivity index (χ4v) is 3.94. The van der Waals surface area contributed by atoms with E-state index in [4.69, 9.17) is 30.5 Å². The van der Waals surface area contributed by atoms with Crippen molar-refractivity contribution in [3.63, 3.8) is 0 Å². The second-order valence-corrected chi connectivity index (χ2v) is 7.33. The maximum absolute atomic E-state index is 11.3. The fraction of sp³-hybridized carbons (Fsp3) is 0.333. The predicted octanol–water partition coefficient (Wildman–Crippen LogP) is 4.59. The highest BCUT2D eigenvalue weighted by atomic mass is 35.5. The van der Waals surface area contributed by atoms with Gasteiger partial charge in [0.2, 0.25) is 0 Å². The number of hydrogen-bond acceptors (Lipinski definition) is 6. The van der Waals surface area contributed by atoms with Crippen LogP contribution in [0.2, 0.25) is 5.02 Å². The summed E-state index contributed by atoms with van der Waals surface area (Å²) in [6.07, 6.45) is 5.99. The molecule has 0 atom stereocenters. The first kappa shape index (κ1) is 22.7. The lowest BCUT2D eigenvalue weighted by Crippen LogP contribution is -2.15. The Kier molecular flexibility index (Phi) is 7.95.